The third kappa shape index (κ3) is 4.40. The number of nitrogens with zero attached hydrogens (tertiary/aromatic N) is 2. The first kappa shape index (κ1) is 15.2. The average Bonchev–Trinajstić information content (AvgIpc) is 2.86. The standard InChI is InChI=1S/C14H21N3O4/c1-11-4-5-12(21-11)10-16(2)13(18)15-6-8-17-7-3-9-20-14(17)19/h4-5H,3,6-10H2,1-2H3,(H,15,18). The fourth-order valence-electron chi connectivity index (χ4n) is 2.11. The van der Waals surface area contributed by atoms with Crippen LogP contribution in [0, 0.1) is 6.92 Å². The van der Waals surface area contributed by atoms with Gasteiger partial charge in [-0.25, -0.2) is 9.59 Å². The predicted molar refractivity (Wildman–Crippen MR) is 75.8 cm³/mol. The number of aryl methyl sites for hydroxylation is 1. The van der Waals surface area contributed by atoms with Crippen LogP contribution in [0.3, 0.4) is 0 Å². The molecule has 7 heteroatoms. The van der Waals surface area contributed by atoms with E-state index in [1.54, 1.807) is 11.9 Å². The maximum Gasteiger partial charge on any atom is 0.409 e. The van der Waals surface area contributed by atoms with E-state index in [4.69, 9.17) is 9.15 Å². The van der Waals surface area contributed by atoms with Gasteiger partial charge in [-0.3, -0.25) is 0 Å². The quantitative estimate of drug-likeness (QED) is 0.894. The predicted octanol–water partition coefficient (Wildman–Crippen LogP) is 1.57. The lowest BCUT2D eigenvalue weighted by molar-refractivity contribution is 0.0733. The van der Waals surface area contributed by atoms with Gasteiger partial charge >= 0.3 is 12.1 Å². The summed E-state index contributed by atoms with van der Waals surface area (Å²) in [4.78, 5) is 26.5. The minimum Gasteiger partial charge on any atom is -0.464 e. The lowest BCUT2D eigenvalue weighted by atomic mass is 10.3. The minimum atomic E-state index is -0.310. The molecule has 1 aromatic heterocycles. The summed E-state index contributed by atoms with van der Waals surface area (Å²) in [6.07, 6.45) is 0.521. The number of nitrogens with one attached hydrogen (secondary N) is 1. The van der Waals surface area contributed by atoms with Gasteiger partial charge in [0.25, 0.3) is 0 Å². The zero-order chi connectivity index (χ0) is 15.2. The van der Waals surface area contributed by atoms with Crippen molar-refractivity contribution in [1.82, 2.24) is 15.1 Å². The molecule has 1 aliphatic heterocycles. The van der Waals surface area contributed by atoms with Crippen LogP contribution >= 0.6 is 0 Å². The van der Waals surface area contributed by atoms with Crippen LogP contribution in [0.5, 0.6) is 0 Å². The summed E-state index contributed by atoms with van der Waals surface area (Å²) in [7, 11) is 1.70. The van der Waals surface area contributed by atoms with Crippen molar-refractivity contribution in [3.05, 3.63) is 23.7 Å². The van der Waals surface area contributed by atoms with E-state index in [2.05, 4.69) is 5.32 Å². The molecule has 3 amide bonds. The number of ether oxygens (including phenoxy) is 1. The van der Waals surface area contributed by atoms with Crippen molar-refractivity contribution >= 4 is 12.1 Å². The van der Waals surface area contributed by atoms with Gasteiger partial charge in [0.2, 0.25) is 0 Å². The summed E-state index contributed by atoms with van der Waals surface area (Å²) in [6.45, 7) is 4.28. The van der Waals surface area contributed by atoms with E-state index in [0.717, 1.165) is 17.9 Å². The Morgan fingerprint density at radius 3 is 2.95 bits per heavy atom. The van der Waals surface area contributed by atoms with Crippen molar-refractivity contribution < 1.29 is 18.7 Å². The number of rotatable bonds is 5. The van der Waals surface area contributed by atoms with Gasteiger partial charge in [-0.15, -0.1) is 0 Å². The fraction of sp³-hybridized carbons (Fsp3) is 0.571. The molecule has 0 aliphatic carbocycles. The summed E-state index contributed by atoms with van der Waals surface area (Å²) >= 11 is 0. The van der Waals surface area contributed by atoms with Gasteiger partial charge in [0.05, 0.1) is 13.2 Å². The monoisotopic (exact) mass is 295 g/mol. The van der Waals surface area contributed by atoms with Crippen molar-refractivity contribution in [1.29, 1.82) is 0 Å². The SMILES string of the molecule is Cc1ccc(CN(C)C(=O)NCCN2CCCOC2=O)o1. The van der Waals surface area contributed by atoms with Gasteiger partial charge in [-0.2, -0.15) is 0 Å². The molecule has 2 heterocycles. The molecule has 1 saturated heterocycles. The molecule has 0 atom stereocenters. The van der Waals surface area contributed by atoms with E-state index in [-0.39, 0.29) is 12.1 Å². The number of amides is 3. The molecule has 0 aromatic carbocycles. The Morgan fingerprint density at radius 2 is 2.29 bits per heavy atom. The molecule has 0 saturated carbocycles. The van der Waals surface area contributed by atoms with Crippen molar-refractivity contribution in [2.75, 3.05) is 33.3 Å². The molecule has 1 N–H and O–H groups in total. The van der Waals surface area contributed by atoms with Gasteiger partial charge in [0.1, 0.15) is 11.5 Å². The van der Waals surface area contributed by atoms with Crippen LogP contribution in [0.25, 0.3) is 0 Å². The molecule has 0 bridgehead atoms. The molecular formula is C14H21N3O4. The Labute approximate surface area is 123 Å². The lowest BCUT2D eigenvalue weighted by Gasteiger charge is -2.26. The third-order valence-electron chi connectivity index (χ3n) is 3.25. The molecule has 0 spiro atoms. The summed E-state index contributed by atoms with van der Waals surface area (Å²) in [5, 5.41) is 2.77. The van der Waals surface area contributed by atoms with Crippen LogP contribution in [0.15, 0.2) is 16.5 Å². The molecule has 1 fully saturated rings. The fourth-order valence-corrected chi connectivity index (χ4v) is 2.11. The summed E-state index contributed by atoms with van der Waals surface area (Å²) < 4.78 is 10.4. The summed E-state index contributed by atoms with van der Waals surface area (Å²) in [5.41, 5.74) is 0. The molecule has 1 aliphatic rings. The topological polar surface area (TPSA) is 75.0 Å². The van der Waals surface area contributed by atoms with Crippen LogP contribution in [0.2, 0.25) is 0 Å². The molecule has 7 nitrogen and oxygen atoms in total. The third-order valence-corrected chi connectivity index (χ3v) is 3.25. The van der Waals surface area contributed by atoms with E-state index >= 15 is 0 Å². The zero-order valence-electron chi connectivity index (χ0n) is 12.4. The Bertz CT molecular complexity index is 500. The maximum atomic E-state index is 11.9. The smallest absolute Gasteiger partial charge is 0.409 e. The number of furan rings is 1. The number of hydrogen-bond acceptors (Lipinski definition) is 4. The largest absolute Gasteiger partial charge is 0.464 e. The first-order chi connectivity index (χ1) is 10.1. The highest BCUT2D eigenvalue weighted by Crippen LogP contribution is 2.08. The van der Waals surface area contributed by atoms with E-state index < -0.39 is 0 Å². The first-order valence-corrected chi connectivity index (χ1v) is 7.02. The number of carbonyl (C=O) groups excluding carboxylic acids is 2. The zero-order valence-corrected chi connectivity index (χ0v) is 12.4. The van der Waals surface area contributed by atoms with Crippen molar-refractivity contribution in [2.24, 2.45) is 0 Å². The first-order valence-electron chi connectivity index (χ1n) is 7.02. The molecular weight excluding hydrogens is 274 g/mol. The second kappa shape index (κ2) is 7.01. The van der Waals surface area contributed by atoms with Gasteiger partial charge in [0.15, 0.2) is 0 Å². The Morgan fingerprint density at radius 1 is 1.48 bits per heavy atom. The van der Waals surface area contributed by atoms with E-state index in [1.165, 1.54) is 4.90 Å². The van der Waals surface area contributed by atoms with Gasteiger partial charge in [-0.05, 0) is 25.5 Å². The van der Waals surface area contributed by atoms with Crippen molar-refractivity contribution in [3.63, 3.8) is 0 Å². The number of hydrogen-bond donors (Lipinski definition) is 1. The number of urea groups is 1. The summed E-state index contributed by atoms with van der Waals surface area (Å²) in [5.74, 6) is 1.56. The molecule has 2 rings (SSSR count). The Balaban J connectivity index is 1.70. The highest BCUT2D eigenvalue weighted by molar-refractivity contribution is 5.74. The van der Waals surface area contributed by atoms with Crippen LogP contribution in [0.1, 0.15) is 17.9 Å². The van der Waals surface area contributed by atoms with Gasteiger partial charge in [0, 0.05) is 26.7 Å². The minimum absolute atomic E-state index is 0.200. The highest BCUT2D eigenvalue weighted by atomic mass is 16.6. The normalized spacial score (nSPS) is 14.8. The van der Waals surface area contributed by atoms with Crippen LogP contribution in [-0.2, 0) is 11.3 Å². The second-order valence-corrected chi connectivity index (χ2v) is 5.06. The van der Waals surface area contributed by atoms with Crippen molar-refractivity contribution in [3.8, 4) is 0 Å². The lowest BCUT2D eigenvalue weighted by Crippen LogP contribution is -2.44. The number of cyclic esters (lactones) is 1. The van der Waals surface area contributed by atoms with Crippen LogP contribution in [-0.4, -0.2) is 55.2 Å². The van der Waals surface area contributed by atoms with Crippen molar-refractivity contribution in [2.45, 2.75) is 19.9 Å². The molecule has 1 aromatic rings. The summed E-state index contributed by atoms with van der Waals surface area (Å²) in [6, 6.07) is 3.51. The molecule has 21 heavy (non-hydrogen) atoms. The molecule has 0 radical (unpaired) electrons. The van der Waals surface area contributed by atoms with E-state index in [9.17, 15) is 9.59 Å². The van der Waals surface area contributed by atoms with Crippen LogP contribution < -0.4 is 5.32 Å². The van der Waals surface area contributed by atoms with Gasteiger partial charge in [-0.1, -0.05) is 0 Å². The number of carbonyl (C=O) groups is 2. The Kier molecular flexibility index (Phi) is 5.08. The Hall–Kier alpha value is -2.18. The van der Waals surface area contributed by atoms with Gasteiger partial charge < -0.3 is 24.3 Å². The highest BCUT2D eigenvalue weighted by Gasteiger charge is 2.19. The maximum absolute atomic E-state index is 11.9. The van der Waals surface area contributed by atoms with Crippen LogP contribution in [0.4, 0.5) is 9.59 Å². The average molecular weight is 295 g/mol. The van der Waals surface area contributed by atoms with E-state index in [1.807, 2.05) is 19.1 Å². The molecule has 116 valence electrons. The second-order valence-electron chi connectivity index (χ2n) is 5.06. The van der Waals surface area contributed by atoms with E-state index in [0.29, 0.717) is 32.8 Å². The molecule has 0 unspecified atom stereocenters.